The topological polar surface area (TPSA) is 89.8 Å². The molecule has 5 heteroatoms. The van der Waals surface area contributed by atoms with Crippen LogP contribution in [0.1, 0.15) is 82.8 Å². The maximum Gasteiger partial charge on any atom is 0.320 e. The third kappa shape index (κ3) is 7.13. The van der Waals surface area contributed by atoms with Crippen molar-refractivity contribution in [3.63, 3.8) is 0 Å². The fourth-order valence-electron chi connectivity index (χ4n) is 4.55. The van der Waals surface area contributed by atoms with Crippen molar-refractivity contribution in [2.75, 3.05) is 6.54 Å². The minimum absolute atomic E-state index is 0.0194. The number of nitrogens with one attached hydrogen (secondary N) is 1. The zero-order chi connectivity index (χ0) is 23.0. The highest BCUT2D eigenvalue weighted by molar-refractivity contribution is 5.73. The number of rotatable bonds is 7. The van der Waals surface area contributed by atoms with Gasteiger partial charge in [-0.3, -0.25) is 4.79 Å². The standard InChI is InChI=1S/C21H30O2.C5H9NO2/c1-5-6-7-8-16-12-19(22)21(20(23)13-16)18-11-15(4)9-10-17(18)14(2)3;7-5(8)4-2-1-3-6-4/h11-13,17-18,22-23H,2,5-10H2,1,3-4H3;4,6H,1-3H2,(H,7,8)/t17-,18+;4-/m00/s1. The number of carbonyl (C=O) groups is 1. The highest BCUT2D eigenvalue weighted by atomic mass is 16.4. The van der Waals surface area contributed by atoms with E-state index in [4.69, 9.17) is 5.11 Å². The van der Waals surface area contributed by atoms with E-state index < -0.39 is 5.97 Å². The number of aliphatic carboxylic acids is 1. The minimum atomic E-state index is -0.720. The maximum absolute atomic E-state index is 10.5. The van der Waals surface area contributed by atoms with E-state index >= 15 is 0 Å². The molecule has 0 saturated carbocycles. The first-order valence-corrected chi connectivity index (χ1v) is 11.6. The number of phenolic OH excluding ortho intramolecular Hbond substituents is 2. The summed E-state index contributed by atoms with van der Waals surface area (Å²) in [6.07, 6.45) is 10.4. The number of allylic oxidation sites excluding steroid dienone is 3. The maximum atomic E-state index is 10.5. The molecule has 0 spiro atoms. The lowest BCUT2D eigenvalue weighted by Crippen LogP contribution is -2.29. The third-order valence-electron chi connectivity index (χ3n) is 6.34. The van der Waals surface area contributed by atoms with Gasteiger partial charge in [-0.2, -0.15) is 0 Å². The van der Waals surface area contributed by atoms with E-state index in [1.807, 2.05) is 19.1 Å². The summed E-state index contributed by atoms with van der Waals surface area (Å²) in [6, 6.07) is 3.39. The SMILES string of the molecule is C=C(C)[C@@H]1CCC(C)=C[C@H]1c1c(O)cc(CCCCC)cc1O.O=C(O)[C@@H]1CCCN1. The Kier molecular flexibility index (Phi) is 9.63. The molecule has 0 bridgehead atoms. The lowest BCUT2D eigenvalue weighted by Gasteiger charge is -2.31. The molecule has 3 rings (SSSR count). The first kappa shape index (κ1) is 25.0. The molecule has 31 heavy (non-hydrogen) atoms. The smallest absolute Gasteiger partial charge is 0.320 e. The van der Waals surface area contributed by atoms with Crippen molar-refractivity contribution in [3.8, 4) is 11.5 Å². The van der Waals surface area contributed by atoms with Crippen LogP contribution in [0.25, 0.3) is 0 Å². The first-order valence-electron chi connectivity index (χ1n) is 11.6. The fraction of sp³-hybridized carbons (Fsp3) is 0.577. The van der Waals surface area contributed by atoms with Crippen molar-refractivity contribution in [1.82, 2.24) is 5.32 Å². The summed E-state index contributed by atoms with van der Waals surface area (Å²) in [4.78, 5) is 10.1. The summed E-state index contributed by atoms with van der Waals surface area (Å²) >= 11 is 0. The van der Waals surface area contributed by atoms with Crippen molar-refractivity contribution in [3.05, 3.63) is 47.1 Å². The molecule has 1 aromatic carbocycles. The minimum Gasteiger partial charge on any atom is -0.507 e. The van der Waals surface area contributed by atoms with E-state index in [0.717, 1.165) is 56.2 Å². The number of phenols is 2. The lowest BCUT2D eigenvalue weighted by atomic mass is 9.73. The van der Waals surface area contributed by atoms with Crippen LogP contribution in [0.15, 0.2) is 35.9 Å². The van der Waals surface area contributed by atoms with Crippen LogP contribution >= 0.6 is 0 Å². The zero-order valence-corrected chi connectivity index (χ0v) is 19.3. The van der Waals surface area contributed by atoms with Gasteiger partial charge in [0.15, 0.2) is 0 Å². The Hall–Kier alpha value is -2.27. The predicted molar refractivity (Wildman–Crippen MR) is 126 cm³/mol. The number of aryl methyl sites for hydroxylation is 1. The fourth-order valence-corrected chi connectivity index (χ4v) is 4.55. The van der Waals surface area contributed by atoms with Crippen molar-refractivity contribution in [2.24, 2.45) is 5.92 Å². The van der Waals surface area contributed by atoms with Crippen molar-refractivity contribution in [1.29, 1.82) is 0 Å². The molecule has 1 aliphatic heterocycles. The molecule has 1 heterocycles. The van der Waals surface area contributed by atoms with Gasteiger partial charge in [0.25, 0.3) is 0 Å². The van der Waals surface area contributed by atoms with Gasteiger partial charge in [-0.25, -0.2) is 0 Å². The molecule has 4 N–H and O–H groups in total. The van der Waals surface area contributed by atoms with Crippen LogP contribution in [0.5, 0.6) is 11.5 Å². The second kappa shape index (κ2) is 11.9. The average Bonchev–Trinajstić information content (AvgIpc) is 3.23. The molecular weight excluding hydrogens is 390 g/mol. The molecule has 0 amide bonds. The zero-order valence-electron chi connectivity index (χ0n) is 19.3. The summed E-state index contributed by atoms with van der Waals surface area (Å²) in [5.41, 5.74) is 4.11. The molecule has 0 radical (unpaired) electrons. The summed E-state index contributed by atoms with van der Waals surface area (Å²) in [6.45, 7) is 11.3. The average molecular weight is 430 g/mol. The van der Waals surface area contributed by atoms with Crippen molar-refractivity contribution >= 4 is 5.97 Å². The van der Waals surface area contributed by atoms with Crippen LogP contribution in [0.4, 0.5) is 0 Å². The number of carboxylic acids is 1. The molecule has 3 atom stereocenters. The Morgan fingerprint density at radius 3 is 2.35 bits per heavy atom. The van der Waals surface area contributed by atoms with E-state index in [2.05, 4.69) is 31.8 Å². The molecule has 5 nitrogen and oxygen atoms in total. The van der Waals surface area contributed by atoms with Gasteiger partial charge in [-0.05, 0) is 82.5 Å². The number of benzene rings is 1. The molecule has 1 aromatic rings. The Balaban J connectivity index is 0.000000357. The van der Waals surface area contributed by atoms with Crippen LogP contribution in [0, 0.1) is 5.92 Å². The van der Waals surface area contributed by atoms with Crippen LogP contribution in [-0.2, 0) is 11.2 Å². The second-order valence-electron chi connectivity index (χ2n) is 9.02. The first-order chi connectivity index (χ1) is 14.7. The quantitative estimate of drug-likeness (QED) is 0.331. The Labute approximate surface area is 186 Å². The molecule has 1 saturated heterocycles. The predicted octanol–water partition coefficient (Wildman–Crippen LogP) is 5.67. The van der Waals surface area contributed by atoms with Crippen molar-refractivity contribution in [2.45, 2.75) is 84.1 Å². The van der Waals surface area contributed by atoms with Gasteiger partial charge >= 0.3 is 5.97 Å². The van der Waals surface area contributed by atoms with E-state index in [9.17, 15) is 15.0 Å². The van der Waals surface area contributed by atoms with E-state index in [-0.39, 0.29) is 29.4 Å². The molecule has 0 unspecified atom stereocenters. The van der Waals surface area contributed by atoms with Gasteiger partial charge in [-0.15, -0.1) is 0 Å². The van der Waals surface area contributed by atoms with Gasteiger partial charge < -0.3 is 20.6 Å². The number of unbranched alkanes of at least 4 members (excludes halogenated alkanes) is 2. The van der Waals surface area contributed by atoms with Gasteiger partial charge in [-0.1, -0.05) is 43.6 Å². The number of carboxylic acid groups (broad SMARTS) is 1. The summed E-state index contributed by atoms with van der Waals surface area (Å²) in [7, 11) is 0. The van der Waals surface area contributed by atoms with Crippen LogP contribution in [0.3, 0.4) is 0 Å². The molecule has 172 valence electrons. The molecular formula is C26H39NO4. The number of hydrogen-bond acceptors (Lipinski definition) is 4. The largest absolute Gasteiger partial charge is 0.507 e. The van der Waals surface area contributed by atoms with Gasteiger partial charge in [0.2, 0.25) is 0 Å². The molecule has 2 aliphatic rings. The number of hydrogen-bond donors (Lipinski definition) is 4. The molecule has 0 aromatic heterocycles. The van der Waals surface area contributed by atoms with Crippen LogP contribution in [-0.4, -0.2) is 33.9 Å². The van der Waals surface area contributed by atoms with Crippen LogP contribution in [0.2, 0.25) is 0 Å². The molecule has 1 aliphatic carbocycles. The van der Waals surface area contributed by atoms with Gasteiger partial charge in [0, 0.05) is 11.5 Å². The van der Waals surface area contributed by atoms with Gasteiger partial charge in [0.1, 0.15) is 17.5 Å². The second-order valence-corrected chi connectivity index (χ2v) is 9.02. The van der Waals surface area contributed by atoms with Crippen LogP contribution < -0.4 is 5.32 Å². The summed E-state index contributed by atoms with van der Waals surface area (Å²) in [5, 5.41) is 32.3. The third-order valence-corrected chi connectivity index (χ3v) is 6.34. The molecule has 1 fully saturated rings. The van der Waals surface area contributed by atoms with E-state index in [0.29, 0.717) is 5.56 Å². The summed E-state index contributed by atoms with van der Waals surface area (Å²) < 4.78 is 0. The van der Waals surface area contributed by atoms with Crippen molar-refractivity contribution < 1.29 is 20.1 Å². The summed E-state index contributed by atoms with van der Waals surface area (Å²) in [5.74, 6) is 0.0206. The highest BCUT2D eigenvalue weighted by Gasteiger charge is 2.30. The highest BCUT2D eigenvalue weighted by Crippen LogP contribution is 2.46. The normalized spacial score (nSPS) is 22.9. The Morgan fingerprint density at radius 2 is 1.87 bits per heavy atom. The Morgan fingerprint density at radius 1 is 1.19 bits per heavy atom. The van der Waals surface area contributed by atoms with E-state index in [1.54, 1.807) is 0 Å². The lowest BCUT2D eigenvalue weighted by molar-refractivity contribution is -0.139. The number of aromatic hydroxyl groups is 2. The Bertz CT molecular complexity index is 770. The monoisotopic (exact) mass is 429 g/mol. The van der Waals surface area contributed by atoms with Gasteiger partial charge in [0.05, 0.1) is 0 Å². The van der Waals surface area contributed by atoms with E-state index in [1.165, 1.54) is 18.4 Å².